The SMILES string of the molecule is Cc1ccc(CN(C)C(CN)c2ccc(Cl)cc2F)o1. The molecule has 2 rings (SSSR count). The van der Waals surface area contributed by atoms with Gasteiger partial charge >= 0.3 is 0 Å². The first-order valence-electron chi connectivity index (χ1n) is 6.42. The van der Waals surface area contributed by atoms with E-state index in [1.165, 1.54) is 6.07 Å². The first kappa shape index (κ1) is 15.0. The summed E-state index contributed by atoms with van der Waals surface area (Å²) < 4.78 is 19.5. The normalized spacial score (nSPS) is 12.9. The molecule has 1 unspecified atom stereocenters. The lowest BCUT2D eigenvalue weighted by atomic mass is 10.0. The molecular formula is C15H18ClFN2O. The zero-order valence-corrected chi connectivity index (χ0v) is 12.3. The maximum Gasteiger partial charge on any atom is 0.129 e. The van der Waals surface area contributed by atoms with Gasteiger partial charge in [-0.1, -0.05) is 17.7 Å². The first-order valence-corrected chi connectivity index (χ1v) is 6.79. The number of hydrogen-bond donors (Lipinski definition) is 1. The van der Waals surface area contributed by atoms with E-state index in [-0.39, 0.29) is 11.9 Å². The topological polar surface area (TPSA) is 42.4 Å². The van der Waals surface area contributed by atoms with Crippen LogP contribution >= 0.6 is 11.6 Å². The number of likely N-dealkylation sites (N-methyl/N-ethyl adjacent to an activating group) is 1. The minimum atomic E-state index is -0.338. The van der Waals surface area contributed by atoms with Gasteiger partial charge in [0.05, 0.1) is 12.6 Å². The number of aryl methyl sites for hydroxylation is 1. The van der Waals surface area contributed by atoms with Gasteiger partial charge in [-0.05, 0) is 38.2 Å². The summed E-state index contributed by atoms with van der Waals surface area (Å²) in [6.07, 6.45) is 0. The number of halogens is 2. The van der Waals surface area contributed by atoms with Crippen LogP contribution in [0.3, 0.4) is 0 Å². The Morgan fingerprint density at radius 2 is 2.10 bits per heavy atom. The molecule has 1 heterocycles. The minimum Gasteiger partial charge on any atom is -0.465 e. The average molecular weight is 297 g/mol. The average Bonchev–Trinajstić information content (AvgIpc) is 2.78. The fraction of sp³-hybridized carbons (Fsp3) is 0.333. The number of benzene rings is 1. The molecule has 20 heavy (non-hydrogen) atoms. The lowest BCUT2D eigenvalue weighted by molar-refractivity contribution is 0.217. The van der Waals surface area contributed by atoms with Crippen molar-refractivity contribution in [3.05, 3.63) is 58.3 Å². The summed E-state index contributed by atoms with van der Waals surface area (Å²) in [5.41, 5.74) is 6.34. The lowest BCUT2D eigenvalue weighted by Gasteiger charge is -2.27. The Bertz CT molecular complexity index is 585. The second kappa shape index (κ2) is 6.39. The van der Waals surface area contributed by atoms with Crippen LogP contribution in [0.25, 0.3) is 0 Å². The van der Waals surface area contributed by atoms with Gasteiger partial charge < -0.3 is 10.2 Å². The van der Waals surface area contributed by atoms with Crippen LogP contribution < -0.4 is 5.73 Å². The summed E-state index contributed by atoms with van der Waals surface area (Å²) in [4.78, 5) is 1.96. The molecule has 0 spiro atoms. The highest BCUT2D eigenvalue weighted by atomic mass is 35.5. The number of nitrogens with zero attached hydrogens (tertiary/aromatic N) is 1. The van der Waals surface area contributed by atoms with E-state index in [0.29, 0.717) is 23.7 Å². The maximum absolute atomic E-state index is 14.0. The second-order valence-corrected chi connectivity index (χ2v) is 5.28. The van der Waals surface area contributed by atoms with Crippen molar-refractivity contribution in [3.8, 4) is 0 Å². The molecule has 108 valence electrons. The summed E-state index contributed by atoms with van der Waals surface area (Å²) in [5, 5.41) is 0.381. The standard InChI is InChI=1S/C15H18ClFN2O/c1-10-3-5-12(20-10)9-19(2)15(8-18)13-6-4-11(16)7-14(13)17/h3-7,15H,8-9,18H2,1-2H3. The van der Waals surface area contributed by atoms with Crippen LogP contribution in [0.2, 0.25) is 5.02 Å². The summed E-state index contributed by atoms with van der Waals surface area (Å²) in [6, 6.07) is 8.26. The van der Waals surface area contributed by atoms with E-state index in [1.54, 1.807) is 12.1 Å². The van der Waals surface area contributed by atoms with E-state index < -0.39 is 0 Å². The van der Waals surface area contributed by atoms with E-state index in [2.05, 4.69) is 0 Å². The molecule has 2 aromatic rings. The smallest absolute Gasteiger partial charge is 0.129 e. The van der Waals surface area contributed by atoms with Crippen LogP contribution in [0.4, 0.5) is 4.39 Å². The number of nitrogens with two attached hydrogens (primary N) is 1. The van der Waals surface area contributed by atoms with Gasteiger partial charge in [0, 0.05) is 17.1 Å². The Morgan fingerprint density at radius 3 is 2.65 bits per heavy atom. The van der Waals surface area contributed by atoms with Gasteiger partial charge in [0.15, 0.2) is 0 Å². The van der Waals surface area contributed by atoms with Gasteiger partial charge in [-0.25, -0.2) is 4.39 Å². The van der Waals surface area contributed by atoms with Crippen LogP contribution in [-0.4, -0.2) is 18.5 Å². The van der Waals surface area contributed by atoms with Crippen molar-refractivity contribution in [2.45, 2.75) is 19.5 Å². The van der Waals surface area contributed by atoms with E-state index in [9.17, 15) is 4.39 Å². The predicted octanol–water partition coefficient (Wildman–Crippen LogP) is 3.51. The molecule has 0 radical (unpaired) electrons. The Kier molecular flexibility index (Phi) is 4.81. The summed E-state index contributed by atoms with van der Waals surface area (Å²) in [7, 11) is 1.89. The van der Waals surface area contributed by atoms with Crippen molar-refractivity contribution >= 4 is 11.6 Å². The molecule has 0 aliphatic rings. The molecule has 0 amide bonds. The Labute approximate surface area is 123 Å². The third kappa shape index (κ3) is 3.39. The molecule has 0 saturated carbocycles. The zero-order chi connectivity index (χ0) is 14.7. The highest BCUT2D eigenvalue weighted by Gasteiger charge is 2.20. The zero-order valence-electron chi connectivity index (χ0n) is 11.6. The molecule has 0 aliphatic carbocycles. The van der Waals surface area contributed by atoms with E-state index in [4.69, 9.17) is 21.8 Å². The summed E-state index contributed by atoms with van der Waals surface area (Å²) >= 11 is 5.78. The van der Waals surface area contributed by atoms with Crippen LogP contribution in [-0.2, 0) is 6.54 Å². The van der Waals surface area contributed by atoms with Crippen molar-refractivity contribution in [2.75, 3.05) is 13.6 Å². The van der Waals surface area contributed by atoms with Crippen LogP contribution in [0.5, 0.6) is 0 Å². The summed E-state index contributed by atoms with van der Waals surface area (Å²) in [5.74, 6) is 1.35. The summed E-state index contributed by atoms with van der Waals surface area (Å²) in [6.45, 7) is 2.77. The molecule has 1 aromatic carbocycles. The van der Waals surface area contributed by atoms with Gasteiger partial charge in [0.1, 0.15) is 17.3 Å². The molecule has 3 nitrogen and oxygen atoms in total. The number of furan rings is 1. The quantitative estimate of drug-likeness (QED) is 0.918. The molecule has 0 aliphatic heterocycles. The molecule has 1 atom stereocenters. The highest BCUT2D eigenvalue weighted by molar-refractivity contribution is 6.30. The van der Waals surface area contributed by atoms with Gasteiger partial charge in [-0.2, -0.15) is 0 Å². The monoisotopic (exact) mass is 296 g/mol. The predicted molar refractivity (Wildman–Crippen MR) is 78.1 cm³/mol. The Morgan fingerprint density at radius 1 is 1.35 bits per heavy atom. The van der Waals surface area contributed by atoms with Crippen molar-refractivity contribution in [2.24, 2.45) is 5.73 Å². The third-order valence-electron chi connectivity index (χ3n) is 3.28. The van der Waals surface area contributed by atoms with Crippen LogP contribution in [0.15, 0.2) is 34.7 Å². The fourth-order valence-corrected chi connectivity index (χ4v) is 2.40. The first-order chi connectivity index (χ1) is 9.51. The Hall–Kier alpha value is -1.36. The van der Waals surface area contributed by atoms with Crippen molar-refractivity contribution < 1.29 is 8.81 Å². The molecule has 0 bridgehead atoms. The Balaban J connectivity index is 2.18. The van der Waals surface area contributed by atoms with E-state index in [0.717, 1.165) is 11.5 Å². The fourth-order valence-electron chi connectivity index (χ4n) is 2.24. The van der Waals surface area contributed by atoms with Gasteiger partial charge in [-0.15, -0.1) is 0 Å². The van der Waals surface area contributed by atoms with Crippen molar-refractivity contribution in [1.29, 1.82) is 0 Å². The minimum absolute atomic E-state index is 0.224. The van der Waals surface area contributed by atoms with Gasteiger partial charge in [0.25, 0.3) is 0 Å². The van der Waals surface area contributed by atoms with Crippen LogP contribution in [0.1, 0.15) is 23.1 Å². The van der Waals surface area contributed by atoms with Gasteiger partial charge in [-0.3, -0.25) is 4.90 Å². The molecule has 0 saturated heterocycles. The van der Waals surface area contributed by atoms with Crippen molar-refractivity contribution in [3.63, 3.8) is 0 Å². The number of rotatable bonds is 5. The largest absolute Gasteiger partial charge is 0.465 e. The van der Waals surface area contributed by atoms with Gasteiger partial charge in [0.2, 0.25) is 0 Å². The molecule has 0 fully saturated rings. The third-order valence-corrected chi connectivity index (χ3v) is 3.51. The highest BCUT2D eigenvalue weighted by Crippen LogP contribution is 2.25. The maximum atomic E-state index is 14.0. The van der Waals surface area contributed by atoms with Crippen molar-refractivity contribution in [1.82, 2.24) is 4.90 Å². The number of hydrogen-bond acceptors (Lipinski definition) is 3. The second-order valence-electron chi connectivity index (χ2n) is 4.84. The molecule has 5 heteroatoms. The molecule has 1 aromatic heterocycles. The molecular weight excluding hydrogens is 279 g/mol. The van der Waals surface area contributed by atoms with E-state index in [1.807, 2.05) is 31.0 Å². The van der Waals surface area contributed by atoms with Crippen LogP contribution in [0, 0.1) is 12.7 Å². The molecule has 2 N–H and O–H groups in total. The lowest BCUT2D eigenvalue weighted by Crippen LogP contribution is -2.30. The van der Waals surface area contributed by atoms with E-state index >= 15 is 0 Å².